The Morgan fingerprint density at radius 1 is 0.529 bits per heavy atom. The SMILES string of the molecule is CC/C=C\C/C=C\C/C=C\C/C=C\C/C=C\CCCCCC(=O)O[C@H]1CC(C)(C)[C@]2(CC(=O)/C(C)=C/C=C/C(C)=C/C=C/C=C(C)/C=C/C=C(\C)C=C=C3C(C)(C)C[C@H](OC(=O)CCCCCCCCCCCCCCC)C[C@@]3(C)O)O[C@]2(C)C1. The van der Waals surface area contributed by atoms with Crippen LogP contribution in [0.15, 0.2) is 161 Å². The highest BCUT2D eigenvalue weighted by Gasteiger charge is 2.76. The number of epoxide rings is 1. The van der Waals surface area contributed by atoms with E-state index < -0.39 is 16.8 Å². The van der Waals surface area contributed by atoms with E-state index in [0.717, 1.165) is 92.9 Å². The van der Waals surface area contributed by atoms with Crippen molar-refractivity contribution in [3.8, 4) is 0 Å². The van der Waals surface area contributed by atoms with Crippen molar-refractivity contribution in [1.82, 2.24) is 0 Å². The van der Waals surface area contributed by atoms with Gasteiger partial charge in [0.25, 0.3) is 0 Å². The number of carbonyl (C=O) groups is 3. The summed E-state index contributed by atoms with van der Waals surface area (Å²) < 4.78 is 18.5. The van der Waals surface area contributed by atoms with Gasteiger partial charge in [0.05, 0.1) is 11.2 Å². The summed E-state index contributed by atoms with van der Waals surface area (Å²) in [5, 5.41) is 11.6. The van der Waals surface area contributed by atoms with Gasteiger partial charge in [-0.25, -0.2) is 0 Å². The number of rotatable bonds is 41. The number of hydrogen-bond donors (Lipinski definition) is 1. The molecule has 2 saturated carbocycles. The number of hydrogen-bond acceptors (Lipinski definition) is 7. The zero-order chi connectivity index (χ0) is 62.5. The normalized spacial score (nSPS) is 23.9. The van der Waals surface area contributed by atoms with E-state index >= 15 is 0 Å². The minimum atomic E-state index is -1.13. The molecule has 1 heterocycles. The molecular weight excluding hydrogens is 1050 g/mol. The Bertz CT molecular complexity index is 2460. The lowest BCUT2D eigenvalue weighted by atomic mass is 9.61. The van der Waals surface area contributed by atoms with Crippen LogP contribution in [-0.2, 0) is 28.6 Å². The first-order valence-electron chi connectivity index (χ1n) is 33.4. The van der Waals surface area contributed by atoms with Crippen LogP contribution in [0.2, 0.25) is 0 Å². The first-order chi connectivity index (χ1) is 40.6. The molecule has 1 aliphatic heterocycles. The molecule has 3 fully saturated rings. The van der Waals surface area contributed by atoms with Crippen molar-refractivity contribution in [2.24, 2.45) is 10.8 Å². The fourth-order valence-corrected chi connectivity index (χ4v) is 12.4. The molecule has 5 atom stereocenters. The van der Waals surface area contributed by atoms with Crippen molar-refractivity contribution in [3.63, 3.8) is 0 Å². The van der Waals surface area contributed by atoms with E-state index in [1.165, 1.54) is 70.6 Å². The van der Waals surface area contributed by atoms with Crippen LogP contribution in [-0.4, -0.2) is 51.8 Å². The van der Waals surface area contributed by atoms with Gasteiger partial charge >= 0.3 is 11.9 Å². The molecule has 1 saturated heterocycles. The zero-order valence-electron chi connectivity index (χ0n) is 55.7. The first-order valence-corrected chi connectivity index (χ1v) is 33.4. The summed E-state index contributed by atoms with van der Waals surface area (Å²) in [6.07, 6.45) is 72.5. The van der Waals surface area contributed by atoms with Crippen LogP contribution in [0.4, 0.5) is 0 Å². The van der Waals surface area contributed by atoms with Crippen molar-refractivity contribution in [1.29, 1.82) is 0 Å². The summed E-state index contributed by atoms with van der Waals surface area (Å²) in [7, 11) is 0. The number of ether oxygens (including phenoxy) is 3. The Hall–Kier alpha value is -5.07. The molecule has 0 spiro atoms. The number of carbonyl (C=O) groups excluding carboxylic acids is 3. The molecule has 2 aliphatic carbocycles. The lowest BCUT2D eigenvalue weighted by molar-refractivity contribution is -0.156. The maximum Gasteiger partial charge on any atom is 0.306 e. The van der Waals surface area contributed by atoms with Crippen molar-refractivity contribution < 1.29 is 33.7 Å². The molecule has 3 aliphatic rings. The van der Waals surface area contributed by atoms with Gasteiger partial charge in [-0.15, -0.1) is 5.73 Å². The molecule has 0 aromatic carbocycles. The zero-order valence-corrected chi connectivity index (χ0v) is 55.7. The fourth-order valence-electron chi connectivity index (χ4n) is 12.4. The second-order valence-corrected chi connectivity index (χ2v) is 26.5. The molecule has 7 nitrogen and oxygen atoms in total. The minimum Gasteiger partial charge on any atom is -0.462 e. The Labute approximate surface area is 519 Å². The average Bonchev–Trinajstić information content (AvgIpc) is 1.56. The van der Waals surface area contributed by atoms with E-state index in [4.69, 9.17) is 14.2 Å². The fraction of sp³-hybridized carbons (Fsp3) is 0.615. The Morgan fingerprint density at radius 2 is 0.976 bits per heavy atom. The maximum atomic E-state index is 13.7. The summed E-state index contributed by atoms with van der Waals surface area (Å²) in [4.78, 5) is 39.4. The molecule has 85 heavy (non-hydrogen) atoms. The number of allylic oxidation sites excluding steroid dienone is 24. The Kier molecular flexibility index (Phi) is 35.3. The molecule has 1 N–H and O–H groups in total. The molecule has 0 amide bonds. The highest BCUT2D eigenvalue weighted by molar-refractivity contribution is 5.96. The number of ketones is 1. The van der Waals surface area contributed by atoms with Gasteiger partial charge in [-0.3, -0.25) is 14.4 Å². The van der Waals surface area contributed by atoms with Gasteiger partial charge in [0.15, 0.2) is 5.78 Å². The molecule has 0 bridgehead atoms. The summed E-state index contributed by atoms with van der Waals surface area (Å²) in [6.45, 7) is 24.8. The van der Waals surface area contributed by atoms with Gasteiger partial charge in [0.1, 0.15) is 17.8 Å². The molecular formula is C78H118O7. The van der Waals surface area contributed by atoms with E-state index in [1.54, 1.807) is 0 Å². The van der Waals surface area contributed by atoms with Crippen LogP contribution in [0.5, 0.6) is 0 Å². The second-order valence-electron chi connectivity index (χ2n) is 26.5. The molecule has 472 valence electrons. The van der Waals surface area contributed by atoms with Gasteiger partial charge in [-0.2, -0.15) is 0 Å². The van der Waals surface area contributed by atoms with E-state index in [9.17, 15) is 19.5 Å². The third-order valence-electron chi connectivity index (χ3n) is 17.3. The molecule has 3 rings (SSSR count). The van der Waals surface area contributed by atoms with Crippen LogP contribution in [0.1, 0.15) is 269 Å². The number of aliphatic hydroxyl groups is 1. The summed E-state index contributed by atoms with van der Waals surface area (Å²) >= 11 is 0. The summed E-state index contributed by atoms with van der Waals surface area (Å²) in [6, 6.07) is 0. The first kappa shape index (κ1) is 74.2. The Morgan fingerprint density at radius 3 is 1.47 bits per heavy atom. The van der Waals surface area contributed by atoms with Crippen molar-refractivity contribution in [3.05, 3.63) is 161 Å². The highest BCUT2D eigenvalue weighted by atomic mass is 16.6. The number of unbranched alkanes of at least 4 members (excludes halogenated alkanes) is 15. The largest absolute Gasteiger partial charge is 0.462 e. The van der Waals surface area contributed by atoms with E-state index in [2.05, 4.69) is 134 Å². The summed E-state index contributed by atoms with van der Waals surface area (Å²) in [5.41, 5.74) is 5.16. The quantitative estimate of drug-likeness (QED) is 0.0124. The maximum absolute atomic E-state index is 13.7. The predicted molar refractivity (Wildman–Crippen MR) is 360 cm³/mol. The molecule has 0 aromatic heterocycles. The standard InChI is InChI=1S/C78H118O7/c1-13-15-17-19-21-23-25-27-28-29-30-31-32-34-36-38-40-42-44-56-73(81)84-69-60-75(9,10)78(77(12,62-69)85-78)63-70(79)67(6)54-48-53-65(4)50-46-45-49-64(3)51-47-52-66(5)57-58-71-74(7,8)59-68(61-76(71,11)82)83-72(80)55-43-41-39-37-35-33-26-24-22-20-18-16-14-2/h15,17,21,23,27-28,30-31,34,36,45-54,57,68-69,82H,13-14,16,18-20,22,24-26,29,32-33,35,37-44,55-56,59-63H2,1-12H3/b17-15-,23-21-,28-27-,31-30-,36-34-,46-45+,51-47+,53-48+,64-49+,65-50+,66-52+,67-54+/t58?,68-,69-,76+,77+,78-/m0/s1. The molecule has 0 unspecified atom stereocenters. The number of fused-ring (bicyclic) bond motifs is 1. The van der Waals surface area contributed by atoms with Crippen LogP contribution >= 0.6 is 0 Å². The highest BCUT2D eigenvalue weighted by Crippen LogP contribution is 2.67. The minimum absolute atomic E-state index is 0.0694. The number of Topliss-reactive ketones (excluding diaryl/α,β-unsaturated/α-hetero) is 1. The third kappa shape index (κ3) is 29.5. The van der Waals surface area contributed by atoms with Gasteiger partial charge in [-0.05, 0) is 135 Å². The van der Waals surface area contributed by atoms with E-state index in [-0.39, 0.29) is 40.8 Å². The molecule has 0 radical (unpaired) electrons. The molecule has 7 heteroatoms. The monoisotopic (exact) mass is 1170 g/mol. The Balaban J connectivity index is 1.35. The van der Waals surface area contributed by atoms with Crippen LogP contribution in [0, 0.1) is 10.8 Å². The molecule has 0 aromatic rings. The second kappa shape index (κ2) is 40.4. The van der Waals surface area contributed by atoms with Crippen molar-refractivity contribution in [2.75, 3.05) is 0 Å². The van der Waals surface area contributed by atoms with Crippen LogP contribution < -0.4 is 0 Å². The van der Waals surface area contributed by atoms with Crippen LogP contribution in [0.25, 0.3) is 0 Å². The van der Waals surface area contributed by atoms with Crippen molar-refractivity contribution in [2.45, 2.75) is 298 Å². The lowest BCUT2D eigenvalue weighted by Gasteiger charge is -2.44. The van der Waals surface area contributed by atoms with Crippen LogP contribution in [0.3, 0.4) is 0 Å². The van der Waals surface area contributed by atoms with Gasteiger partial charge in [-0.1, -0.05) is 258 Å². The number of esters is 2. The topological polar surface area (TPSA) is 102 Å². The smallest absolute Gasteiger partial charge is 0.306 e. The average molecular weight is 1170 g/mol. The predicted octanol–water partition coefficient (Wildman–Crippen LogP) is 21.4. The third-order valence-corrected chi connectivity index (χ3v) is 17.3. The lowest BCUT2D eigenvalue weighted by Crippen LogP contribution is -2.49. The van der Waals surface area contributed by atoms with E-state index in [0.29, 0.717) is 50.5 Å². The van der Waals surface area contributed by atoms with Gasteiger partial charge in [0.2, 0.25) is 0 Å². The van der Waals surface area contributed by atoms with Crippen molar-refractivity contribution >= 4 is 17.7 Å². The van der Waals surface area contributed by atoms with Gasteiger partial charge < -0.3 is 19.3 Å². The summed E-state index contributed by atoms with van der Waals surface area (Å²) in [5.74, 6) is -0.221. The van der Waals surface area contributed by atoms with Gasteiger partial charge in [0, 0.05) is 43.1 Å². The van der Waals surface area contributed by atoms with E-state index in [1.807, 2.05) is 82.4 Å².